The number of nitrogens with zero attached hydrogens (tertiary/aromatic N) is 1. The molecule has 1 aliphatic heterocycles. The standard InChI is InChI=1S/C24H18ClNO4/c1-14-10-11-19(27)18(12-14)26-21(15-6-3-2-4-7-15)20(23(29)24(26)30)22(28)16-8-5-9-17(25)13-16/h2-13,21,27-28H,1H3/b22-20+. The normalized spacial score (nSPS) is 18.1. The molecule has 0 aliphatic carbocycles. The number of aliphatic hydroxyl groups excluding tert-OH is 1. The quantitative estimate of drug-likeness (QED) is 0.356. The van der Waals surface area contributed by atoms with Gasteiger partial charge in [-0.15, -0.1) is 0 Å². The lowest BCUT2D eigenvalue weighted by Crippen LogP contribution is -2.29. The smallest absolute Gasteiger partial charge is 0.300 e. The summed E-state index contributed by atoms with van der Waals surface area (Å²) in [7, 11) is 0. The molecule has 0 aromatic heterocycles. The van der Waals surface area contributed by atoms with Crippen molar-refractivity contribution in [1.82, 2.24) is 0 Å². The molecular weight excluding hydrogens is 402 g/mol. The molecule has 0 bridgehead atoms. The maximum Gasteiger partial charge on any atom is 0.300 e. The Balaban J connectivity index is 1.99. The third-order valence-electron chi connectivity index (χ3n) is 5.05. The Labute approximate surface area is 178 Å². The molecule has 6 heteroatoms. The summed E-state index contributed by atoms with van der Waals surface area (Å²) in [5.41, 5.74) is 1.91. The van der Waals surface area contributed by atoms with Gasteiger partial charge in [0.15, 0.2) is 0 Å². The second-order valence-corrected chi connectivity index (χ2v) is 7.52. The molecule has 1 saturated heterocycles. The third kappa shape index (κ3) is 3.33. The summed E-state index contributed by atoms with van der Waals surface area (Å²) in [4.78, 5) is 27.3. The number of phenolic OH excluding ortho intramolecular Hbond substituents is 1. The van der Waals surface area contributed by atoms with Crippen molar-refractivity contribution < 1.29 is 19.8 Å². The highest BCUT2D eigenvalue weighted by Crippen LogP contribution is 2.44. The van der Waals surface area contributed by atoms with Gasteiger partial charge in [-0.3, -0.25) is 14.5 Å². The average molecular weight is 420 g/mol. The molecule has 0 saturated carbocycles. The summed E-state index contributed by atoms with van der Waals surface area (Å²) in [6, 6.07) is 19.3. The van der Waals surface area contributed by atoms with E-state index in [4.69, 9.17) is 11.6 Å². The van der Waals surface area contributed by atoms with E-state index in [0.29, 0.717) is 16.1 Å². The predicted octanol–water partition coefficient (Wildman–Crippen LogP) is 4.98. The summed E-state index contributed by atoms with van der Waals surface area (Å²) >= 11 is 6.05. The van der Waals surface area contributed by atoms with Gasteiger partial charge in [-0.25, -0.2) is 0 Å². The molecule has 2 N–H and O–H groups in total. The largest absolute Gasteiger partial charge is 0.507 e. The van der Waals surface area contributed by atoms with Crippen molar-refractivity contribution in [3.8, 4) is 5.75 Å². The first-order valence-electron chi connectivity index (χ1n) is 9.30. The molecule has 3 aromatic carbocycles. The number of rotatable bonds is 3. The monoisotopic (exact) mass is 419 g/mol. The highest BCUT2D eigenvalue weighted by Gasteiger charge is 2.47. The van der Waals surface area contributed by atoms with Crippen LogP contribution >= 0.6 is 11.6 Å². The molecule has 1 aliphatic rings. The fourth-order valence-electron chi connectivity index (χ4n) is 3.65. The molecule has 0 radical (unpaired) electrons. The number of aromatic hydroxyl groups is 1. The van der Waals surface area contributed by atoms with Gasteiger partial charge >= 0.3 is 0 Å². The van der Waals surface area contributed by atoms with Crippen LogP contribution in [0.5, 0.6) is 5.75 Å². The zero-order valence-electron chi connectivity index (χ0n) is 16.0. The molecule has 1 fully saturated rings. The van der Waals surface area contributed by atoms with Gasteiger partial charge in [-0.1, -0.05) is 60.1 Å². The minimum Gasteiger partial charge on any atom is -0.507 e. The summed E-state index contributed by atoms with van der Waals surface area (Å²) in [5, 5.41) is 21.8. The Kier molecular flexibility index (Phi) is 5.06. The van der Waals surface area contributed by atoms with E-state index in [0.717, 1.165) is 5.56 Å². The first kappa shape index (κ1) is 19.7. The van der Waals surface area contributed by atoms with Crippen LogP contribution in [0, 0.1) is 6.92 Å². The van der Waals surface area contributed by atoms with Crippen molar-refractivity contribution in [2.45, 2.75) is 13.0 Å². The van der Waals surface area contributed by atoms with Crippen LogP contribution in [0.4, 0.5) is 5.69 Å². The van der Waals surface area contributed by atoms with E-state index in [-0.39, 0.29) is 22.8 Å². The van der Waals surface area contributed by atoms with Gasteiger partial charge in [0.05, 0.1) is 17.3 Å². The van der Waals surface area contributed by atoms with Crippen LogP contribution in [0.1, 0.15) is 22.7 Å². The molecule has 0 spiro atoms. The highest BCUT2D eigenvalue weighted by atomic mass is 35.5. The van der Waals surface area contributed by atoms with E-state index in [9.17, 15) is 19.8 Å². The predicted molar refractivity (Wildman–Crippen MR) is 116 cm³/mol. The molecular formula is C24H18ClNO4. The van der Waals surface area contributed by atoms with Gasteiger partial charge < -0.3 is 10.2 Å². The van der Waals surface area contributed by atoms with E-state index in [1.54, 1.807) is 54.6 Å². The Morgan fingerprint density at radius 2 is 1.70 bits per heavy atom. The summed E-state index contributed by atoms with van der Waals surface area (Å²) in [5.74, 6) is -2.11. The fraction of sp³-hybridized carbons (Fsp3) is 0.0833. The Bertz CT molecular complexity index is 1190. The number of benzene rings is 3. The second kappa shape index (κ2) is 7.69. The van der Waals surface area contributed by atoms with Crippen LogP contribution in [0.3, 0.4) is 0 Å². The van der Waals surface area contributed by atoms with Crippen molar-refractivity contribution in [2.75, 3.05) is 4.90 Å². The van der Waals surface area contributed by atoms with Gasteiger partial charge in [0.1, 0.15) is 11.5 Å². The van der Waals surface area contributed by atoms with Gasteiger partial charge in [-0.05, 0) is 42.3 Å². The second-order valence-electron chi connectivity index (χ2n) is 7.08. The molecule has 1 unspecified atom stereocenters. The zero-order valence-corrected chi connectivity index (χ0v) is 16.8. The minimum atomic E-state index is -0.905. The van der Waals surface area contributed by atoms with E-state index in [1.165, 1.54) is 17.0 Å². The molecule has 5 nitrogen and oxygen atoms in total. The molecule has 150 valence electrons. The Morgan fingerprint density at radius 1 is 0.967 bits per heavy atom. The van der Waals surface area contributed by atoms with Gasteiger partial charge in [0.25, 0.3) is 11.7 Å². The van der Waals surface area contributed by atoms with E-state index >= 15 is 0 Å². The van der Waals surface area contributed by atoms with Crippen LogP contribution in [-0.2, 0) is 9.59 Å². The number of carbonyl (C=O) groups is 2. The maximum atomic E-state index is 13.1. The number of halogens is 1. The lowest BCUT2D eigenvalue weighted by Gasteiger charge is -2.26. The van der Waals surface area contributed by atoms with Gasteiger partial charge in [0.2, 0.25) is 0 Å². The lowest BCUT2D eigenvalue weighted by molar-refractivity contribution is -0.132. The van der Waals surface area contributed by atoms with Gasteiger partial charge in [0, 0.05) is 10.6 Å². The topological polar surface area (TPSA) is 77.8 Å². The summed E-state index contributed by atoms with van der Waals surface area (Å²) in [6.45, 7) is 1.82. The summed E-state index contributed by atoms with van der Waals surface area (Å²) in [6.07, 6.45) is 0. The summed E-state index contributed by atoms with van der Waals surface area (Å²) < 4.78 is 0. The SMILES string of the molecule is Cc1ccc(O)c(N2C(=O)C(=O)/C(=C(/O)c3cccc(Cl)c3)C2c2ccccc2)c1. The third-order valence-corrected chi connectivity index (χ3v) is 5.28. The first-order valence-corrected chi connectivity index (χ1v) is 9.68. The maximum absolute atomic E-state index is 13.1. The number of aryl methyl sites for hydroxylation is 1. The molecule has 1 amide bonds. The average Bonchev–Trinajstić information content (AvgIpc) is 3.00. The number of hydrogen-bond acceptors (Lipinski definition) is 4. The number of anilines is 1. The van der Waals surface area contributed by atoms with Crippen molar-refractivity contribution in [3.63, 3.8) is 0 Å². The molecule has 3 aromatic rings. The van der Waals surface area contributed by atoms with Crippen LogP contribution in [0.15, 0.2) is 78.4 Å². The Morgan fingerprint density at radius 3 is 2.40 bits per heavy atom. The van der Waals surface area contributed by atoms with Gasteiger partial charge in [-0.2, -0.15) is 0 Å². The van der Waals surface area contributed by atoms with Crippen LogP contribution in [0.2, 0.25) is 5.02 Å². The molecule has 1 heterocycles. The van der Waals surface area contributed by atoms with Crippen LogP contribution < -0.4 is 4.90 Å². The lowest BCUT2D eigenvalue weighted by atomic mass is 9.95. The number of phenols is 1. The fourth-order valence-corrected chi connectivity index (χ4v) is 3.84. The minimum absolute atomic E-state index is 0.0608. The van der Waals surface area contributed by atoms with Crippen molar-refractivity contribution >= 4 is 34.7 Å². The molecule has 4 rings (SSSR count). The number of Topliss-reactive ketones (excluding diaryl/α,β-unsaturated/α-hetero) is 1. The number of carbonyl (C=O) groups excluding carboxylic acids is 2. The van der Waals surface area contributed by atoms with Crippen LogP contribution in [0.25, 0.3) is 5.76 Å². The first-order chi connectivity index (χ1) is 14.4. The van der Waals surface area contributed by atoms with E-state index < -0.39 is 17.7 Å². The Hall–Kier alpha value is -3.57. The van der Waals surface area contributed by atoms with E-state index in [1.807, 2.05) is 13.0 Å². The molecule has 30 heavy (non-hydrogen) atoms. The van der Waals surface area contributed by atoms with Crippen molar-refractivity contribution in [3.05, 3.63) is 100 Å². The van der Waals surface area contributed by atoms with Crippen molar-refractivity contribution in [1.29, 1.82) is 0 Å². The number of hydrogen-bond donors (Lipinski definition) is 2. The zero-order chi connectivity index (χ0) is 21.4. The number of amides is 1. The number of ketones is 1. The van der Waals surface area contributed by atoms with E-state index in [2.05, 4.69) is 0 Å². The highest BCUT2D eigenvalue weighted by molar-refractivity contribution is 6.52. The molecule has 1 atom stereocenters. The number of aliphatic hydroxyl groups is 1. The van der Waals surface area contributed by atoms with Crippen molar-refractivity contribution in [2.24, 2.45) is 0 Å². The van der Waals surface area contributed by atoms with Crippen LogP contribution in [-0.4, -0.2) is 21.9 Å².